The third kappa shape index (κ3) is 2.26. The minimum Gasteiger partial charge on any atom is -0.326 e. The lowest BCUT2D eigenvalue weighted by Crippen LogP contribution is -2.32. The minimum absolute atomic E-state index is 0.0882. The molecular weight excluding hydrogens is 212 g/mol. The van der Waals surface area contributed by atoms with Crippen LogP contribution in [0.15, 0.2) is 24.3 Å². The Morgan fingerprint density at radius 3 is 2.76 bits per heavy atom. The lowest BCUT2D eigenvalue weighted by Gasteiger charge is -2.28. The number of carbonyl (C=O) groups excluding carboxylic acids is 1. The molecule has 0 spiro atoms. The molecule has 1 aliphatic heterocycles. The molecule has 92 valence electrons. The second kappa shape index (κ2) is 4.98. The Morgan fingerprint density at radius 1 is 1.41 bits per heavy atom. The maximum Gasteiger partial charge on any atom is 0.155 e. The zero-order valence-electron chi connectivity index (χ0n) is 10.5. The van der Waals surface area contributed by atoms with Crippen molar-refractivity contribution in [1.29, 1.82) is 0 Å². The van der Waals surface area contributed by atoms with Crippen molar-refractivity contribution in [3.05, 3.63) is 35.4 Å². The third-order valence-electron chi connectivity index (χ3n) is 3.49. The molecular formula is C14H20N2O. The van der Waals surface area contributed by atoms with Gasteiger partial charge in [-0.3, -0.25) is 9.69 Å². The molecule has 0 bridgehead atoms. The zero-order valence-corrected chi connectivity index (χ0v) is 10.5. The Balaban J connectivity index is 2.39. The Morgan fingerprint density at radius 2 is 2.12 bits per heavy atom. The Labute approximate surface area is 103 Å². The predicted molar refractivity (Wildman–Crippen MR) is 68.5 cm³/mol. The van der Waals surface area contributed by atoms with Gasteiger partial charge in [0.05, 0.1) is 6.04 Å². The fourth-order valence-corrected chi connectivity index (χ4v) is 2.59. The summed E-state index contributed by atoms with van der Waals surface area (Å²) in [5.41, 5.74) is 7.93. The Hall–Kier alpha value is -1.19. The first-order valence-electron chi connectivity index (χ1n) is 6.21. The van der Waals surface area contributed by atoms with Gasteiger partial charge in [-0.15, -0.1) is 0 Å². The number of likely N-dealkylation sites (tertiary alicyclic amines) is 1. The molecule has 0 amide bonds. The highest BCUT2D eigenvalue weighted by molar-refractivity contribution is 5.87. The van der Waals surface area contributed by atoms with Crippen molar-refractivity contribution in [2.75, 3.05) is 6.54 Å². The van der Waals surface area contributed by atoms with E-state index < -0.39 is 0 Å². The molecule has 3 heteroatoms. The topological polar surface area (TPSA) is 46.3 Å². The van der Waals surface area contributed by atoms with Crippen molar-refractivity contribution < 1.29 is 4.79 Å². The van der Waals surface area contributed by atoms with Crippen molar-refractivity contribution in [2.45, 2.75) is 38.9 Å². The van der Waals surface area contributed by atoms with Gasteiger partial charge in [-0.1, -0.05) is 24.3 Å². The van der Waals surface area contributed by atoms with Crippen molar-refractivity contribution in [2.24, 2.45) is 5.73 Å². The van der Waals surface area contributed by atoms with E-state index in [2.05, 4.69) is 18.7 Å². The number of hydrogen-bond acceptors (Lipinski definition) is 3. The standard InChI is InChI=1S/C14H20N2O/c1-10(2)16-8-7-13(17)14(16)12-6-4-3-5-11(12)9-15/h3-6,10,14H,7-9,15H2,1-2H3. The number of nitrogens with two attached hydrogens (primary N) is 1. The van der Waals surface area contributed by atoms with Gasteiger partial charge in [0.2, 0.25) is 0 Å². The van der Waals surface area contributed by atoms with Gasteiger partial charge in [-0.25, -0.2) is 0 Å². The van der Waals surface area contributed by atoms with E-state index >= 15 is 0 Å². The summed E-state index contributed by atoms with van der Waals surface area (Å²) >= 11 is 0. The molecule has 1 aliphatic rings. The zero-order chi connectivity index (χ0) is 12.4. The maximum absolute atomic E-state index is 12.1. The van der Waals surface area contributed by atoms with Crippen LogP contribution in [0.1, 0.15) is 37.4 Å². The van der Waals surface area contributed by atoms with Crippen molar-refractivity contribution in [1.82, 2.24) is 4.90 Å². The van der Waals surface area contributed by atoms with Gasteiger partial charge >= 0.3 is 0 Å². The van der Waals surface area contributed by atoms with E-state index in [-0.39, 0.29) is 6.04 Å². The second-order valence-electron chi connectivity index (χ2n) is 4.85. The quantitative estimate of drug-likeness (QED) is 0.865. The number of nitrogens with zero attached hydrogens (tertiary/aromatic N) is 1. The molecule has 3 nitrogen and oxygen atoms in total. The van der Waals surface area contributed by atoms with Crippen LogP contribution >= 0.6 is 0 Å². The third-order valence-corrected chi connectivity index (χ3v) is 3.49. The van der Waals surface area contributed by atoms with E-state index in [1.54, 1.807) is 0 Å². The highest BCUT2D eigenvalue weighted by Crippen LogP contribution is 2.32. The van der Waals surface area contributed by atoms with E-state index in [9.17, 15) is 4.79 Å². The second-order valence-corrected chi connectivity index (χ2v) is 4.85. The molecule has 1 fully saturated rings. The minimum atomic E-state index is -0.0882. The van der Waals surface area contributed by atoms with Gasteiger partial charge in [0.15, 0.2) is 5.78 Å². The monoisotopic (exact) mass is 232 g/mol. The first-order valence-corrected chi connectivity index (χ1v) is 6.21. The summed E-state index contributed by atoms with van der Waals surface area (Å²) in [7, 11) is 0. The van der Waals surface area contributed by atoms with Crippen LogP contribution in [0.3, 0.4) is 0 Å². The van der Waals surface area contributed by atoms with Gasteiger partial charge in [-0.05, 0) is 25.0 Å². The molecule has 2 rings (SSSR count). The van der Waals surface area contributed by atoms with Gasteiger partial charge in [0, 0.05) is 25.6 Å². The average molecular weight is 232 g/mol. The number of rotatable bonds is 3. The van der Waals surface area contributed by atoms with E-state index in [4.69, 9.17) is 5.73 Å². The van der Waals surface area contributed by atoms with Crippen LogP contribution in [0.2, 0.25) is 0 Å². The van der Waals surface area contributed by atoms with Gasteiger partial charge in [-0.2, -0.15) is 0 Å². The van der Waals surface area contributed by atoms with Crippen molar-refractivity contribution in [3.63, 3.8) is 0 Å². The fourth-order valence-electron chi connectivity index (χ4n) is 2.59. The van der Waals surface area contributed by atoms with Crippen LogP contribution in [-0.2, 0) is 11.3 Å². The summed E-state index contributed by atoms with van der Waals surface area (Å²) < 4.78 is 0. The molecule has 1 saturated heterocycles. The molecule has 17 heavy (non-hydrogen) atoms. The lowest BCUT2D eigenvalue weighted by molar-refractivity contribution is -0.120. The molecule has 0 aliphatic carbocycles. The van der Waals surface area contributed by atoms with Crippen LogP contribution in [0, 0.1) is 0 Å². The summed E-state index contributed by atoms with van der Waals surface area (Å²) in [6, 6.07) is 8.31. The highest BCUT2D eigenvalue weighted by atomic mass is 16.1. The normalized spacial score (nSPS) is 21.4. The number of hydrogen-bond donors (Lipinski definition) is 1. The molecule has 1 aromatic rings. The van der Waals surface area contributed by atoms with Crippen LogP contribution in [0.25, 0.3) is 0 Å². The first-order chi connectivity index (χ1) is 8.15. The predicted octanol–water partition coefficient (Wildman–Crippen LogP) is 1.87. The number of carbonyl (C=O) groups is 1. The van der Waals surface area contributed by atoms with Gasteiger partial charge in [0.1, 0.15) is 0 Å². The van der Waals surface area contributed by atoms with E-state index in [0.29, 0.717) is 24.8 Å². The van der Waals surface area contributed by atoms with Crippen molar-refractivity contribution in [3.8, 4) is 0 Å². The summed E-state index contributed by atoms with van der Waals surface area (Å²) in [5.74, 6) is 0.319. The smallest absolute Gasteiger partial charge is 0.155 e. The number of ketones is 1. The SMILES string of the molecule is CC(C)N1CCC(=O)C1c1ccccc1CN. The number of Topliss-reactive ketones (excluding diaryl/α,β-unsaturated/α-hetero) is 1. The van der Waals surface area contributed by atoms with Gasteiger partial charge < -0.3 is 5.73 Å². The van der Waals surface area contributed by atoms with Crippen LogP contribution < -0.4 is 5.73 Å². The molecule has 0 aromatic heterocycles. The Kier molecular flexibility index (Phi) is 3.60. The summed E-state index contributed by atoms with van der Waals surface area (Å²) in [6.07, 6.45) is 0.655. The maximum atomic E-state index is 12.1. The van der Waals surface area contributed by atoms with Crippen LogP contribution in [0.5, 0.6) is 0 Å². The lowest BCUT2D eigenvalue weighted by atomic mass is 9.97. The molecule has 1 aromatic carbocycles. The fraction of sp³-hybridized carbons (Fsp3) is 0.500. The Bertz CT molecular complexity index is 414. The summed E-state index contributed by atoms with van der Waals surface area (Å²) in [5, 5.41) is 0. The molecule has 0 saturated carbocycles. The molecule has 1 heterocycles. The highest BCUT2D eigenvalue weighted by Gasteiger charge is 2.35. The van der Waals surface area contributed by atoms with Crippen LogP contribution in [0.4, 0.5) is 0 Å². The molecule has 1 unspecified atom stereocenters. The van der Waals surface area contributed by atoms with Crippen LogP contribution in [-0.4, -0.2) is 23.3 Å². The first kappa shape index (κ1) is 12.3. The summed E-state index contributed by atoms with van der Waals surface area (Å²) in [4.78, 5) is 14.3. The average Bonchev–Trinajstić information content (AvgIpc) is 2.71. The van der Waals surface area contributed by atoms with Gasteiger partial charge in [0.25, 0.3) is 0 Å². The van der Waals surface area contributed by atoms with E-state index in [1.807, 2.05) is 24.3 Å². The summed E-state index contributed by atoms with van der Waals surface area (Å²) in [6.45, 7) is 5.62. The molecule has 0 radical (unpaired) electrons. The van der Waals surface area contributed by atoms with Crippen molar-refractivity contribution >= 4 is 5.78 Å². The largest absolute Gasteiger partial charge is 0.326 e. The number of benzene rings is 1. The van der Waals surface area contributed by atoms with E-state index in [0.717, 1.165) is 17.7 Å². The van der Waals surface area contributed by atoms with E-state index in [1.165, 1.54) is 0 Å². The molecule has 2 N–H and O–H groups in total. The molecule has 1 atom stereocenters.